The second-order valence-corrected chi connectivity index (χ2v) is 6.79. The minimum Gasteiger partial charge on any atom is -0.508 e. The molecule has 0 bridgehead atoms. The summed E-state index contributed by atoms with van der Waals surface area (Å²) in [6, 6.07) is 9.64. The van der Waals surface area contributed by atoms with Crippen molar-refractivity contribution in [3.63, 3.8) is 0 Å². The van der Waals surface area contributed by atoms with Gasteiger partial charge in [0, 0.05) is 0 Å². The van der Waals surface area contributed by atoms with Gasteiger partial charge in [-0.2, -0.15) is 0 Å². The Morgan fingerprint density at radius 3 is 2.00 bits per heavy atom. The zero-order valence-corrected chi connectivity index (χ0v) is 12.1. The maximum absolute atomic E-state index is 12.6. The van der Waals surface area contributed by atoms with Gasteiger partial charge in [-0.25, -0.2) is 8.42 Å². The summed E-state index contributed by atoms with van der Waals surface area (Å²) in [4.78, 5) is 0.291. The van der Waals surface area contributed by atoms with Gasteiger partial charge in [0.15, 0.2) is 0 Å². The molecular weight excluding hydrogens is 276 g/mol. The Hall–Kier alpha value is -2.01. The third kappa shape index (κ3) is 2.63. The first kappa shape index (κ1) is 14.4. The lowest BCUT2D eigenvalue weighted by Crippen LogP contribution is -2.06. The molecule has 106 valence electrons. The van der Waals surface area contributed by atoms with Gasteiger partial charge in [0.25, 0.3) is 0 Å². The molecule has 0 aliphatic carbocycles. The molecule has 2 aromatic rings. The maximum atomic E-state index is 12.6. The van der Waals surface area contributed by atoms with Gasteiger partial charge in [0.05, 0.1) is 9.79 Å². The first-order valence-electron chi connectivity index (χ1n) is 6.19. The number of aromatic hydroxyl groups is 2. The predicted octanol–water partition coefficient (Wildman–Crippen LogP) is 3.05. The molecule has 0 atom stereocenters. The highest BCUT2D eigenvalue weighted by molar-refractivity contribution is 7.91. The normalized spacial score (nSPS) is 11.8. The maximum Gasteiger partial charge on any atom is 0.206 e. The van der Waals surface area contributed by atoms with Crippen molar-refractivity contribution in [2.24, 2.45) is 0 Å². The molecule has 0 spiro atoms. The topological polar surface area (TPSA) is 74.6 Å². The number of benzene rings is 2. The molecule has 2 rings (SSSR count). The SMILES string of the molecule is CC(C)c1cc(O)ccc1S(=O)(=O)c1ccc(O)cc1. The number of hydrogen-bond donors (Lipinski definition) is 2. The van der Waals surface area contributed by atoms with Crippen LogP contribution in [0.4, 0.5) is 0 Å². The van der Waals surface area contributed by atoms with E-state index in [1.54, 1.807) is 0 Å². The fourth-order valence-electron chi connectivity index (χ4n) is 1.98. The smallest absolute Gasteiger partial charge is 0.206 e. The molecule has 0 unspecified atom stereocenters. The van der Waals surface area contributed by atoms with E-state index in [9.17, 15) is 18.6 Å². The van der Waals surface area contributed by atoms with Gasteiger partial charge >= 0.3 is 0 Å². The lowest BCUT2D eigenvalue weighted by Gasteiger charge is -2.14. The van der Waals surface area contributed by atoms with Crippen molar-refractivity contribution < 1.29 is 18.6 Å². The van der Waals surface area contributed by atoms with E-state index in [-0.39, 0.29) is 27.2 Å². The first-order valence-corrected chi connectivity index (χ1v) is 7.67. The standard InChI is InChI=1S/C15H16O4S/c1-10(2)14-9-12(17)5-8-15(14)20(18,19)13-6-3-11(16)4-7-13/h3-10,16-17H,1-2H3. The zero-order chi connectivity index (χ0) is 14.9. The molecule has 0 fully saturated rings. The summed E-state index contributed by atoms with van der Waals surface area (Å²) in [7, 11) is -3.67. The van der Waals surface area contributed by atoms with Gasteiger partial charge in [-0.15, -0.1) is 0 Å². The van der Waals surface area contributed by atoms with Crippen LogP contribution in [0.25, 0.3) is 0 Å². The van der Waals surface area contributed by atoms with Gasteiger partial charge in [-0.3, -0.25) is 0 Å². The predicted molar refractivity (Wildman–Crippen MR) is 75.8 cm³/mol. The van der Waals surface area contributed by atoms with Crippen LogP contribution >= 0.6 is 0 Å². The van der Waals surface area contributed by atoms with Gasteiger partial charge < -0.3 is 10.2 Å². The van der Waals surface area contributed by atoms with Gasteiger partial charge in [0.2, 0.25) is 9.84 Å². The molecule has 0 amide bonds. The Morgan fingerprint density at radius 2 is 1.45 bits per heavy atom. The van der Waals surface area contributed by atoms with Crippen LogP contribution in [-0.4, -0.2) is 18.6 Å². The summed E-state index contributed by atoms with van der Waals surface area (Å²) in [5.74, 6) is 0.0149. The fraction of sp³-hybridized carbons (Fsp3) is 0.200. The zero-order valence-electron chi connectivity index (χ0n) is 11.2. The molecule has 0 heterocycles. The van der Waals surface area contributed by atoms with Crippen molar-refractivity contribution in [2.45, 2.75) is 29.6 Å². The Kier molecular flexibility index (Phi) is 3.72. The fourth-order valence-corrected chi connectivity index (χ4v) is 3.58. The highest BCUT2D eigenvalue weighted by atomic mass is 32.2. The van der Waals surface area contributed by atoms with Crippen LogP contribution < -0.4 is 0 Å². The lowest BCUT2D eigenvalue weighted by molar-refractivity contribution is 0.473. The second-order valence-electron chi connectivity index (χ2n) is 4.87. The molecule has 0 saturated heterocycles. The molecular formula is C15H16O4S. The lowest BCUT2D eigenvalue weighted by atomic mass is 10.0. The Morgan fingerprint density at radius 1 is 0.900 bits per heavy atom. The Bertz CT molecular complexity index is 716. The summed E-state index contributed by atoms with van der Waals surface area (Å²) < 4.78 is 25.2. The number of sulfone groups is 1. The molecule has 0 aromatic heterocycles. The second kappa shape index (κ2) is 5.17. The highest BCUT2D eigenvalue weighted by Gasteiger charge is 2.22. The van der Waals surface area contributed by atoms with Crippen molar-refractivity contribution >= 4 is 9.84 Å². The van der Waals surface area contributed by atoms with E-state index in [0.717, 1.165) is 0 Å². The summed E-state index contributed by atoms with van der Waals surface area (Å²) >= 11 is 0. The number of hydrogen-bond acceptors (Lipinski definition) is 4. The van der Waals surface area contributed by atoms with Crippen LogP contribution in [0.3, 0.4) is 0 Å². The molecule has 0 radical (unpaired) electrons. The number of phenols is 2. The quantitative estimate of drug-likeness (QED) is 0.911. The summed E-state index contributed by atoms with van der Waals surface area (Å²) in [5, 5.41) is 18.8. The van der Waals surface area contributed by atoms with E-state index in [0.29, 0.717) is 5.56 Å². The van der Waals surface area contributed by atoms with Crippen LogP contribution in [0.5, 0.6) is 11.5 Å². The van der Waals surface area contributed by atoms with Crippen molar-refractivity contribution in [3.05, 3.63) is 48.0 Å². The van der Waals surface area contributed by atoms with Crippen LogP contribution in [-0.2, 0) is 9.84 Å². The van der Waals surface area contributed by atoms with Crippen LogP contribution in [0.15, 0.2) is 52.3 Å². The third-order valence-corrected chi connectivity index (χ3v) is 4.90. The van der Waals surface area contributed by atoms with Gasteiger partial charge in [-0.05, 0) is 53.9 Å². The monoisotopic (exact) mass is 292 g/mol. The van der Waals surface area contributed by atoms with Crippen molar-refractivity contribution in [1.82, 2.24) is 0 Å². The molecule has 0 aliphatic heterocycles. The molecule has 20 heavy (non-hydrogen) atoms. The molecule has 2 aromatic carbocycles. The van der Waals surface area contributed by atoms with E-state index in [4.69, 9.17) is 0 Å². The molecule has 0 saturated carbocycles. The van der Waals surface area contributed by atoms with Crippen molar-refractivity contribution in [1.29, 1.82) is 0 Å². The average Bonchev–Trinajstić information content (AvgIpc) is 2.38. The number of phenolic OH excluding ortho intramolecular Hbond substituents is 2. The third-order valence-electron chi connectivity index (χ3n) is 3.05. The van der Waals surface area contributed by atoms with Crippen LogP contribution in [0.2, 0.25) is 0 Å². The van der Waals surface area contributed by atoms with E-state index >= 15 is 0 Å². The van der Waals surface area contributed by atoms with E-state index in [1.165, 1.54) is 42.5 Å². The summed E-state index contributed by atoms with van der Waals surface area (Å²) in [5.41, 5.74) is 0.568. The van der Waals surface area contributed by atoms with Crippen molar-refractivity contribution in [2.75, 3.05) is 0 Å². The molecule has 4 nitrogen and oxygen atoms in total. The van der Waals surface area contributed by atoms with E-state index < -0.39 is 9.84 Å². The molecule has 2 N–H and O–H groups in total. The Balaban J connectivity index is 2.63. The minimum absolute atomic E-state index is 0.0127. The van der Waals surface area contributed by atoms with Gasteiger partial charge in [0.1, 0.15) is 11.5 Å². The molecule has 5 heteroatoms. The van der Waals surface area contributed by atoms with Gasteiger partial charge in [-0.1, -0.05) is 13.8 Å². The van der Waals surface area contributed by atoms with Crippen LogP contribution in [0.1, 0.15) is 25.3 Å². The largest absolute Gasteiger partial charge is 0.508 e. The average molecular weight is 292 g/mol. The summed E-state index contributed by atoms with van der Waals surface area (Å²) in [6.07, 6.45) is 0. The van der Waals surface area contributed by atoms with Crippen molar-refractivity contribution in [3.8, 4) is 11.5 Å². The van der Waals surface area contributed by atoms with E-state index in [1.807, 2.05) is 13.8 Å². The number of rotatable bonds is 3. The molecule has 0 aliphatic rings. The Labute approximate surface area is 118 Å². The van der Waals surface area contributed by atoms with Crippen LogP contribution in [0, 0.1) is 0 Å². The van der Waals surface area contributed by atoms with E-state index in [2.05, 4.69) is 0 Å². The minimum atomic E-state index is -3.67. The summed E-state index contributed by atoms with van der Waals surface area (Å²) in [6.45, 7) is 3.73. The highest BCUT2D eigenvalue weighted by Crippen LogP contribution is 2.31. The first-order chi connectivity index (χ1) is 9.32.